The summed E-state index contributed by atoms with van der Waals surface area (Å²) in [6.45, 7) is 2.07. The number of rotatable bonds is 2. The van der Waals surface area contributed by atoms with Gasteiger partial charge >= 0.3 is 0 Å². The second-order valence-corrected chi connectivity index (χ2v) is 5.79. The van der Waals surface area contributed by atoms with Crippen LogP contribution in [0.5, 0.6) is 0 Å². The molecule has 0 spiro atoms. The minimum Gasteiger partial charge on any atom is -0.380 e. The van der Waals surface area contributed by atoms with Crippen LogP contribution in [-0.4, -0.2) is 22.5 Å². The fraction of sp³-hybridized carbons (Fsp3) is 0.545. The summed E-state index contributed by atoms with van der Waals surface area (Å²) in [7, 11) is 0. The molecule has 2 heterocycles. The molecule has 82 valence electrons. The average Bonchev–Trinajstić information content (AvgIpc) is 2.25. The SMILES string of the molecule is Cc1cc(NC2CCCSC2)cnc1Br. The van der Waals surface area contributed by atoms with Crippen LogP contribution < -0.4 is 5.32 Å². The molecule has 4 heteroatoms. The van der Waals surface area contributed by atoms with Gasteiger partial charge in [0.15, 0.2) is 0 Å². The Kier molecular flexibility index (Phi) is 3.92. The third-order valence-corrected chi connectivity index (χ3v) is 4.59. The number of nitrogens with zero attached hydrogens (tertiary/aromatic N) is 1. The molecule has 2 rings (SSSR count). The number of hydrogen-bond acceptors (Lipinski definition) is 3. The number of aryl methyl sites for hydroxylation is 1. The van der Waals surface area contributed by atoms with Gasteiger partial charge in [0, 0.05) is 11.8 Å². The molecule has 0 radical (unpaired) electrons. The maximum atomic E-state index is 4.29. The summed E-state index contributed by atoms with van der Waals surface area (Å²) < 4.78 is 0.936. The molecule has 1 unspecified atom stereocenters. The smallest absolute Gasteiger partial charge is 0.109 e. The topological polar surface area (TPSA) is 24.9 Å². The van der Waals surface area contributed by atoms with Crippen molar-refractivity contribution in [3.63, 3.8) is 0 Å². The van der Waals surface area contributed by atoms with Crippen LogP contribution in [0.4, 0.5) is 5.69 Å². The van der Waals surface area contributed by atoms with E-state index in [2.05, 4.69) is 39.2 Å². The van der Waals surface area contributed by atoms with E-state index >= 15 is 0 Å². The van der Waals surface area contributed by atoms with Gasteiger partial charge in [0.05, 0.1) is 11.9 Å². The highest BCUT2D eigenvalue weighted by Crippen LogP contribution is 2.22. The number of thioether (sulfide) groups is 1. The van der Waals surface area contributed by atoms with E-state index in [-0.39, 0.29) is 0 Å². The van der Waals surface area contributed by atoms with Crippen LogP contribution in [0.15, 0.2) is 16.9 Å². The Morgan fingerprint density at radius 1 is 1.60 bits per heavy atom. The molecule has 1 aliphatic heterocycles. The molecule has 1 saturated heterocycles. The normalized spacial score (nSPS) is 21.3. The molecule has 1 atom stereocenters. The van der Waals surface area contributed by atoms with Gasteiger partial charge in [-0.05, 0) is 53.1 Å². The van der Waals surface area contributed by atoms with Gasteiger partial charge < -0.3 is 5.32 Å². The van der Waals surface area contributed by atoms with Crippen molar-refractivity contribution in [2.75, 3.05) is 16.8 Å². The Morgan fingerprint density at radius 2 is 2.47 bits per heavy atom. The molecule has 1 fully saturated rings. The summed E-state index contributed by atoms with van der Waals surface area (Å²) in [6.07, 6.45) is 4.50. The van der Waals surface area contributed by atoms with Gasteiger partial charge in [0.2, 0.25) is 0 Å². The third-order valence-electron chi connectivity index (χ3n) is 2.55. The van der Waals surface area contributed by atoms with Gasteiger partial charge in [-0.1, -0.05) is 0 Å². The highest BCUT2D eigenvalue weighted by Gasteiger charge is 2.13. The third kappa shape index (κ3) is 3.11. The lowest BCUT2D eigenvalue weighted by Crippen LogP contribution is -2.25. The molecule has 0 aromatic carbocycles. The zero-order valence-electron chi connectivity index (χ0n) is 8.79. The van der Waals surface area contributed by atoms with Gasteiger partial charge in [-0.3, -0.25) is 0 Å². The Bertz CT molecular complexity index is 337. The van der Waals surface area contributed by atoms with Crippen molar-refractivity contribution in [2.24, 2.45) is 0 Å². The number of hydrogen-bond donors (Lipinski definition) is 1. The van der Waals surface area contributed by atoms with E-state index in [1.165, 1.54) is 29.9 Å². The molecule has 15 heavy (non-hydrogen) atoms. The fourth-order valence-electron chi connectivity index (χ4n) is 1.73. The zero-order valence-corrected chi connectivity index (χ0v) is 11.2. The van der Waals surface area contributed by atoms with Gasteiger partial charge in [-0.25, -0.2) is 4.98 Å². The minimum atomic E-state index is 0.617. The van der Waals surface area contributed by atoms with Gasteiger partial charge in [0.1, 0.15) is 4.60 Å². The van der Waals surface area contributed by atoms with E-state index in [4.69, 9.17) is 0 Å². The maximum Gasteiger partial charge on any atom is 0.109 e. The molecule has 1 N–H and O–H groups in total. The molecular formula is C11H15BrN2S. The first-order chi connectivity index (χ1) is 7.25. The van der Waals surface area contributed by atoms with Crippen LogP contribution in [0.3, 0.4) is 0 Å². The van der Waals surface area contributed by atoms with Crippen molar-refractivity contribution in [3.05, 3.63) is 22.4 Å². The second-order valence-electron chi connectivity index (χ2n) is 3.89. The average molecular weight is 287 g/mol. The minimum absolute atomic E-state index is 0.617. The summed E-state index contributed by atoms with van der Waals surface area (Å²) in [5, 5.41) is 3.54. The van der Waals surface area contributed by atoms with Crippen molar-refractivity contribution >= 4 is 33.4 Å². The molecule has 1 aromatic rings. The predicted octanol–water partition coefficient (Wildman–Crippen LogP) is 3.46. The van der Waals surface area contributed by atoms with Crippen LogP contribution in [0.25, 0.3) is 0 Å². The van der Waals surface area contributed by atoms with E-state index in [0.29, 0.717) is 6.04 Å². The molecular weight excluding hydrogens is 272 g/mol. The van der Waals surface area contributed by atoms with Crippen molar-refractivity contribution in [1.29, 1.82) is 0 Å². The number of nitrogens with one attached hydrogen (secondary N) is 1. The van der Waals surface area contributed by atoms with Crippen LogP contribution in [0.1, 0.15) is 18.4 Å². The molecule has 2 nitrogen and oxygen atoms in total. The molecule has 0 amide bonds. The zero-order chi connectivity index (χ0) is 10.7. The van der Waals surface area contributed by atoms with Crippen molar-refractivity contribution in [3.8, 4) is 0 Å². The summed E-state index contributed by atoms with van der Waals surface area (Å²) in [6, 6.07) is 2.77. The summed E-state index contributed by atoms with van der Waals surface area (Å²) in [5.74, 6) is 2.53. The lowest BCUT2D eigenvalue weighted by Gasteiger charge is -2.23. The van der Waals surface area contributed by atoms with Crippen LogP contribution in [0.2, 0.25) is 0 Å². The van der Waals surface area contributed by atoms with Gasteiger partial charge in [-0.2, -0.15) is 11.8 Å². The number of anilines is 1. The molecule has 1 aliphatic rings. The van der Waals surface area contributed by atoms with E-state index in [0.717, 1.165) is 10.3 Å². The monoisotopic (exact) mass is 286 g/mol. The molecule has 0 aliphatic carbocycles. The van der Waals surface area contributed by atoms with Gasteiger partial charge in [-0.15, -0.1) is 0 Å². The predicted molar refractivity (Wildman–Crippen MR) is 70.6 cm³/mol. The Labute approximate surface area is 103 Å². The van der Waals surface area contributed by atoms with E-state index in [1.807, 2.05) is 18.0 Å². The summed E-state index contributed by atoms with van der Waals surface area (Å²) in [5.41, 5.74) is 2.33. The second kappa shape index (κ2) is 5.21. The van der Waals surface area contributed by atoms with Crippen LogP contribution in [0, 0.1) is 6.92 Å². The fourth-order valence-corrected chi connectivity index (χ4v) is 3.02. The maximum absolute atomic E-state index is 4.29. The quantitative estimate of drug-likeness (QED) is 0.843. The first kappa shape index (κ1) is 11.3. The van der Waals surface area contributed by atoms with E-state index in [9.17, 15) is 0 Å². The summed E-state index contributed by atoms with van der Waals surface area (Å²) in [4.78, 5) is 4.29. The number of aromatic nitrogens is 1. The lowest BCUT2D eigenvalue weighted by molar-refractivity contribution is 0.684. The van der Waals surface area contributed by atoms with Crippen LogP contribution >= 0.6 is 27.7 Å². The molecule has 0 saturated carbocycles. The highest BCUT2D eigenvalue weighted by atomic mass is 79.9. The Balaban J connectivity index is 2.00. The Hall–Kier alpha value is -0.220. The molecule has 0 bridgehead atoms. The van der Waals surface area contributed by atoms with E-state index < -0.39 is 0 Å². The van der Waals surface area contributed by atoms with Crippen LogP contribution in [-0.2, 0) is 0 Å². The largest absolute Gasteiger partial charge is 0.380 e. The molecule has 1 aromatic heterocycles. The highest BCUT2D eigenvalue weighted by molar-refractivity contribution is 9.10. The van der Waals surface area contributed by atoms with Gasteiger partial charge in [0.25, 0.3) is 0 Å². The first-order valence-electron chi connectivity index (χ1n) is 5.22. The Morgan fingerprint density at radius 3 is 3.13 bits per heavy atom. The summed E-state index contributed by atoms with van der Waals surface area (Å²) >= 11 is 5.45. The van der Waals surface area contributed by atoms with Crippen molar-refractivity contribution in [1.82, 2.24) is 4.98 Å². The number of pyridine rings is 1. The number of halogens is 1. The van der Waals surface area contributed by atoms with Crippen molar-refractivity contribution in [2.45, 2.75) is 25.8 Å². The lowest BCUT2D eigenvalue weighted by atomic mass is 10.2. The van der Waals surface area contributed by atoms with E-state index in [1.54, 1.807) is 0 Å². The first-order valence-corrected chi connectivity index (χ1v) is 7.17. The van der Waals surface area contributed by atoms with Crippen molar-refractivity contribution < 1.29 is 0 Å². The standard InChI is InChI=1S/C11H15BrN2S/c1-8-5-10(6-13-11(8)12)14-9-3-2-4-15-7-9/h5-6,9,14H,2-4,7H2,1H3.